The number of sulfonamides is 1. The summed E-state index contributed by atoms with van der Waals surface area (Å²) in [6, 6.07) is 3.80. The van der Waals surface area contributed by atoms with Gasteiger partial charge in [-0.05, 0) is 48.2 Å². The van der Waals surface area contributed by atoms with Crippen LogP contribution in [0.1, 0.15) is 48.7 Å². The second-order valence-corrected chi connectivity index (χ2v) is 9.30. The van der Waals surface area contributed by atoms with Crippen molar-refractivity contribution in [3.63, 3.8) is 0 Å². The summed E-state index contributed by atoms with van der Waals surface area (Å²) >= 11 is 0. The fourth-order valence-electron chi connectivity index (χ4n) is 2.99. The Hall–Kier alpha value is -3.02. The lowest BCUT2D eigenvalue weighted by atomic mass is 10.1. The zero-order chi connectivity index (χ0) is 25.5. The van der Waals surface area contributed by atoms with E-state index in [4.69, 9.17) is 0 Å². The van der Waals surface area contributed by atoms with Gasteiger partial charge in [-0.25, -0.2) is 22.2 Å². The van der Waals surface area contributed by atoms with E-state index in [1.54, 1.807) is 4.72 Å². The van der Waals surface area contributed by atoms with Crippen molar-refractivity contribution in [1.29, 1.82) is 0 Å². The lowest BCUT2D eigenvalue weighted by molar-refractivity contribution is -0.141. The van der Waals surface area contributed by atoms with E-state index in [0.717, 1.165) is 43.4 Å². The number of carbonyl (C=O) groups excluding carboxylic acids is 1. The average molecular weight is 506 g/mol. The number of rotatable bonds is 10. The standard InChI is InChI=1S/C22H24F5N3O3S/c1-3-4-5-6-18-15(7-9-19(29-18)22(25,26)27)8-10-20(31)28-13-14-11-16(23)21(17(24)12-14)30-34(2,32)33/h7-12,30H,3-6,13H2,1-2H3,(H,28,31). The van der Waals surface area contributed by atoms with Crippen molar-refractivity contribution in [2.24, 2.45) is 0 Å². The Morgan fingerprint density at radius 3 is 2.32 bits per heavy atom. The Balaban J connectivity index is 2.11. The van der Waals surface area contributed by atoms with E-state index in [9.17, 15) is 35.2 Å². The quantitative estimate of drug-likeness (QED) is 0.276. The maximum atomic E-state index is 14.0. The Bertz CT molecular complexity index is 1140. The van der Waals surface area contributed by atoms with Crippen LogP contribution in [0, 0.1) is 11.6 Å². The van der Waals surface area contributed by atoms with Gasteiger partial charge < -0.3 is 5.32 Å². The second-order valence-electron chi connectivity index (χ2n) is 7.55. The van der Waals surface area contributed by atoms with Crippen LogP contribution in [0.4, 0.5) is 27.6 Å². The van der Waals surface area contributed by atoms with Gasteiger partial charge in [0.2, 0.25) is 15.9 Å². The third-order valence-electron chi connectivity index (χ3n) is 4.59. The summed E-state index contributed by atoms with van der Waals surface area (Å²) in [5.74, 6) is -2.96. The number of amides is 1. The lowest BCUT2D eigenvalue weighted by Crippen LogP contribution is -2.21. The smallest absolute Gasteiger partial charge is 0.348 e. The van der Waals surface area contributed by atoms with Crippen molar-refractivity contribution in [2.75, 3.05) is 11.0 Å². The molecule has 2 rings (SSSR count). The van der Waals surface area contributed by atoms with Gasteiger partial charge in [0, 0.05) is 18.3 Å². The van der Waals surface area contributed by atoms with Crippen LogP contribution in [0.2, 0.25) is 0 Å². The van der Waals surface area contributed by atoms with Gasteiger partial charge in [-0.3, -0.25) is 9.52 Å². The minimum Gasteiger partial charge on any atom is -0.348 e. The molecule has 0 aliphatic rings. The number of nitrogens with zero attached hydrogens (tertiary/aromatic N) is 1. The molecule has 186 valence electrons. The summed E-state index contributed by atoms with van der Waals surface area (Å²) in [6.45, 7) is 1.68. The summed E-state index contributed by atoms with van der Waals surface area (Å²) in [6.07, 6.45) is 1.20. The van der Waals surface area contributed by atoms with Crippen LogP contribution in [-0.2, 0) is 34.0 Å². The summed E-state index contributed by atoms with van der Waals surface area (Å²) in [7, 11) is -3.89. The van der Waals surface area contributed by atoms with E-state index in [-0.39, 0.29) is 17.8 Å². The largest absolute Gasteiger partial charge is 0.433 e. The Kier molecular flexibility index (Phi) is 9.14. The Morgan fingerprint density at radius 1 is 1.12 bits per heavy atom. The van der Waals surface area contributed by atoms with E-state index in [0.29, 0.717) is 18.4 Å². The molecule has 0 saturated carbocycles. The fourth-order valence-corrected chi connectivity index (χ4v) is 3.55. The highest BCUT2D eigenvalue weighted by molar-refractivity contribution is 7.92. The molecule has 0 unspecified atom stereocenters. The van der Waals surface area contributed by atoms with Crippen molar-refractivity contribution >= 4 is 27.7 Å². The number of halogens is 5. The summed E-state index contributed by atoms with van der Waals surface area (Å²) < 4.78 is 91.2. The number of aryl methyl sites for hydroxylation is 1. The van der Waals surface area contributed by atoms with Gasteiger partial charge in [0.1, 0.15) is 11.4 Å². The van der Waals surface area contributed by atoms with E-state index >= 15 is 0 Å². The molecule has 6 nitrogen and oxygen atoms in total. The van der Waals surface area contributed by atoms with Crippen LogP contribution >= 0.6 is 0 Å². The van der Waals surface area contributed by atoms with Crippen LogP contribution in [0.25, 0.3) is 6.08 Å². The van der Waals surface area contributed by atoms with Gasteiger partial charge in [0.15, 0.2) is 11.6 Å². The van der Waals surface area contributed by atoms with Crippen LogP contribution in [0.3, 0.4) is 0 Å². The van der Waals surface area contributed by atoms with Gasteiger partial charge in [0.25, 0.3) is 0 Å². The molecule has 1 amide bonds. The van der Waals surface area contributed by atoms with E-state index in [1.807, 2.05) is 6.92 Å². The van der Waals surface area contributed by atoms with E-state index in [2.05, 4.69) is 10.3 Å². The number of nitrogens with one attached hydrogen (secondary N) is 2. The zero-order valence-corrected chi connectivity index (χ0v) is 19.3. The molecule has 0 aliphatic heterocycles. The molecule has 34 heavy (non-hydrogen) atoms. The van der Waals surface area contributed by atoms with Gasteiger partial charge in [-0.15, -0.1) is 0 Å². The monoisotopic (exact) mass is 505 g/mol. The SMILES string of the molecule is CCCCCc1nc(C(F)(F)F)ccc1C=CC(=O)NCc1cc(F)c(NS(C)(=O)=O)c(F)c1. The second kappa shape index (κ2) is 11.4. The third kappa shape index (κ3) is 8.40. The van der Waals surface area contributed by atoms with Gasteiger partial charge in [-0.1, -0.05) is 25.8 Å². The van der Waals surface area contributed by atoms with E-state index in [1.165, 1.54) is 12.1 Å². The first kappa shape index (κ1) is 27.2. The molecule has 0 aliphatic carbocycles. The molecule has 0 spiro atoms. The number of pyridine rings is 1. The zero-order valence-electron chi connectivity index (χ0n) is 18.5. The van der Waals surface area contributed by atoms with Crippen LogP contribution in [0.5, 0.6) is 0 Å². The lowest BCUT2D eigenvalue weighted by Gasteiger charge is -2.11. The van der Waals surface area contributed by atoms with Crippen molar-refractivity contribution in [3.8, 4) is 0 Å². The molecular formula is C22H24F5N3O3S. The first-order valence-electron chi connectivity index (χ1n) is 10.3. The number of anilines is 1. The first-order valence-corrected chi connectivity index (χ1v) is 12.2. The molecule has 12 heteroatoms. The molecule has 2 aromatic rings. The van der Waals surface area contributed by atoms with Crippen LogP contribution in [0.15, 0.2) is 30.3 Å². The minimum atomic E-state index is -4.59. The van der Waals surface area contributed by atoms with Gasteiger partial charge in [-0.2, -0.15) is 13.2 Å². The van der Waals surface area contributed by atoms with Crippen molar-refractivity contribution in [2.45, 2.75) is 45.3 Å². The van der Waals surface area contributed by atoms with Gasteiger partial charge >= 0.3 is 6.18 Å². The highest BCUT2D eigenvalue weighted by atomic mass is 32.2. The number of aromatic nitrogens is 1. The maximum Gasteiger partial charge on any atom is 0.433 e. The molecule has 1 aromatic carbocycles. The summed E-state index contributed by atoms with van der Waals surface area (Å²) in [4.78, 5) is 15.8. The van der Waals surface area contributed by atoms with Crippen LogP contribution < -0.4 is 10.0 Å². The maximum absolute atomic E-state index is 14.0. The molecule has 0 bridgehead atoms. The highest BCUT2D eigenvalue weighted by Gasteiger charge is 2.32. The van der Waals surface area contributed by atoms with Crippen molar-refractivity contribution < 1.29 is 35.2 Å². The normalized spacial score (nSPS) is 12.2. The first-order chi connectivity index (χ1) is 15.8. The number of hydrogen-bond donors (Lipinski definition) is 2. The van der Waals surface area contributed by atoms with Crippen molar-refractivity contribution in [1.82, 2.24) is 10.3 Å². The topological polar surface area (TPSA) is 88.2 Å². The minimum absolute atomic E-state index is 0.0345. The fraction of sp³-hybridized carbons (Fsp3) is 0.364. The molecule has 1 aromatic heterocycles. The number of carbonyl (C=O) groups is 1. The summed E-state index contributed by atoms with van der Waals surface area (Å²) in [5, 5.41) is 2.40. The highest BCUT2D eigenvalue weighted by Crippen LogP contribution is 2.29. The number of hydrogen-bond acceptors (Lipinski definition) is 4. The summed E-state index contributed by atoms with van der Waals surface area (Å²) in [5.41, 5.74) is -1.24. The van der Waals surface area contributed by atoms with Crippen molar-refractivity contribution in [3.05, 3.63) is 64.5 Å². The molecule has 0 saturated heterocycles. The number of unbranched alkanes of at least 4 members (excludes halogenated alkanes) is 2. The molecule has 0 radical (unpaired) electrons. The Labute approximate surface area is 194 Å². The Morgan fingerprint density at radius 2 is 1.76 bits per heavy atom. The van der Waals surface area contributed by atoms with Gasteiger partial charge in [0.05, 0.1) is 6.26 Å². The number of benzene rings is 1. The third-order valence-corrected chi connectivity index (χ3v) is 5.16. The predicted molar refractivity (Wildman–Crippen MR) is 118 cm³/mol. The predicted octanol–water partition coefficient (Wildman–Crippen LogP) is 4.81. The molecule has 2 N–H and O–H groups in total. The van der Waals surface area contributed by atoms with E-state index < -0.39 is 45.1 Å². The number of alkyl halides is 3. The molecule has 0 fully saturated rings. The average Bonchev–Trinajstić information content (AvgIpc) is 2.72. The van der Waals surface area contributed by atoms with Crippen LogP contribution in [-0.4, -0.2) is 25.6 Å². The molecule has 0 atom stereocenters. The molecular weight excluding hydrogens is 481 g/mol. The molecule has 1 heterocycles.